The van der Waals surface area contributed by atoms with Crippen molar-refractivity contribution in [3.8, 4) is 0 Å². The van der Waals surface area contributed by atoms with Crippen LogP contribution in [0.2, 0.25) is 0 Å². The Bertz CT molecular complexity index is 557. The van der Waals surface area contributed by atoms with Crippen LogP contribution in [0.1, 0.15) is 13.3 Å². The number of fused-ring (bicyclic) bond motifs is 1. The molecule has 0 aliphatic heterocycles. The lowest BCUT2D eigenvalue weighted by atomic mass is 10.2. The number of hydrogen-bond acceptors (Lipinski definition) is 4. The first kappa shape index (κ1) is 12.3. The highest BCUT2D eigenvalue weighted by Gasteiger charge is 2.12. The van der Waals surface area contributed by atoms with Crippen molar-refractivity contribution in [2.75, 3.05) is 18.0 Å². The van der Waals surface area contributed by atoms with Crippen LogP contribution in [-0.4, -0.2) is 34.1 Å². The molecule has 0 saturated heterocycles. The van der Waals surface area contributed by atoms with Crippen molar-refractivity contribution in [3.05, 3.63) is 30.5 Å². The number of aliphatic carboxylic acids is 1. The van der Waals surface area contributed by atoms with E-state index in [2.05, 4.69) is 9.97 Å². The first-order valence-electron chi connectivity index (χ1n) is 5.89. The minimum Gasteiger partial charge on any atom is -0.480 e. The largest absolute Gasteiger partial charge is 0.480 e. The summed E-state index contributed by atoms with van der Waals surface area (Å²) >= 11 is 0. The molecule has 0 spiro atoms. The Morgan fingerprint density at radius 2 is 2.17 bits per heavy atom. The molecule has 0 unspecified atom stereocenters. The molecule has 0 aliphatic rings. The zero-order valence-corrected chi connectivity index (χ0v) is 10.2. The highest BCUT2D eigenvalue weighted by Crippen LogP contribution is 2.14. The molecule has 94 valence electrons. The summed E-state index contributed by atoms with van der Waals surface area (Å²) in [6.45, 7) is 2.55. The number of aromatic nitrogens is 2. The van der Waals surface area contributed by atoms with Gasteiger partial charge < -0.3 is 10.0 Å². The van der Waals surface area contributed by atoms with E-state index in [-0.39, 0.29) is 6.54 Å². The normalized spacial score (nSPS) is 10.5. The molecule has 0 atom stereocenters. The fourth-order valence-electron chi connectivity index (χ4n) is 1.80. The van der Waals surface area contributed by atoms with Crippen LogP contribution in [0.15, 0.2) is 30.5 Å². The molecule has 0 saturated carbocycles. The monoisotopic (exact) mass is 245 g/mol. The third-order valence-corrected chi connectivity index (χ3v) is 2.58. The molecule has 5 heteroatoms. The lowest BCUT2D eigenvalue weighted by molar-refractivity contribution is -0.135. The van der Waals surface area contributed by atoms with Crippen LogP contribution in [0.4, 0.5) is 5.95 Å². The zero-order chi connectivity index (χ0) is 13.0. The molecule has 5 nitrogen and oxygen atoms in total. The highest BCUT2D eigenvalue weighted by molar-refractivity contribution is 5.79. The standard InChI is InChI=1S/C13H15N3O2/c1-2-7-16(9-12(17)18)13-14-8-10-5-3-4-6-11(10)15-13/h3-6,8H,2,7,9H2,1H3,(H,17,18). The Labute approximate surface area is 105 Å². The molecular weight excluding hydrogens is 230 g/mol. The third kappa shape index (κ3) is 2.74. The van der Waals surface area contributed by atoms with Crippen molar-refractivity contribution in [1.29, 1.82) is 0 Å². The number of nitrogens with zero attached hydrogens (tertiary/aromatic N) is 3. The Morgan fingerprint density at radius 3 is 2.89 bits per heavy atom. The van der Waals surface area contributed by atoms with Gasteiger partial charge in [0.25, 0.3) is 0 Å². The number of benzene rings is 1. The maximum absolute atomic E-state index is 10.8. The summed E-state index contributed by atoms with van der Waals surface area (Å²) < 4.78 is 0. The molecule has 2 rings (SSSR count). The first-order valence-corrected chi connectivity index (χ1v) is 5.89. The molecule has 0 fully saturated rings. The lowest BCUT2D eigenvalue weighted by Gasteiger charge is -2.19. The molecule has 18 heavy (non-hydrogen) atoms. The fourth-order valence-corrected chi connectivity index (χ4v) is 1.80. The Morgan fingerprint density at radius 1 is 1.39 bits per heavy atom. The molecule has 0 aliphatic carbocycles. The van der Waals surface area contributed by atoms with Crippen LogP contribution in [0, 0.1) is 0 Å². The second-order valence-corrected chi connectivity index (χ2v) is 4.04. The third-order valence-electron chi connectivity index (χ3n) is 2.58. The average molecular weight is 245 g/mol. The lowest BCUT2D eigenvalue weighted by Crippen LogP contribution is -2.31. The SMILES string of the molecule is CCCN(CC(=O)O)c1ncc2ccccc2n1. The number of rotatable bonds is 5. The van der Waals surface area contributed by atoms with E-state index < -0.39 is 5.97 Å². The van der Waals surface area contributed by atoms with Crippen LogP contribution < -0.4 is 4.90 Å². The summed E-state index contributed by atoms with van der Waals surface area (Å²) in [4.78, 5) is 21.1. The molecule has 0 amide bonds. The number of anilines is 1. The quantitative estimate of drug-likeness (QED) is 0.871. The van der Waals surface area contributed by atoms with Gasteiger partial charge in [0.15, 0.2) is 0 Å². The maximum atomic E-state index is 10.8. The molecule has 1 heterocycles. The highest BCUT2D eigenvalue weighted by atomic mass is 16.4. The second kappa shape index (κ2) is 5.44. The number of carbonyl (C=O) groups is 1. The molecule has 1 aromatic heterocycles. The summed E-state index contributed by atoms with van der Waals surface area (Å²) in [5.41, 5.74) is 0.828. The summed E-state index contributed by atoms with van der Waals surface area (Å²) in [6, 6.07) is 7.65. The molecular formula is C13H15N3O2. The number of hydrogen-bond donors (Lipinski definition) is 1. The Hall–Kier alpha value is -2.17. The van der Waals surface area contributed by atoms with Gasteiger partial charge in [0.2, 0.25) is 5.95 Å². The fraction of sp³-hybridized carbons (Fsp3) is 0.308. The van der Waals surface area contributed by atoms with Crippen molar-refractivity contribution in [2.45, 2.75) is 13.3 Å². The maximum Gasteiger partial charge on any atom is 0.323 e. The topological polar surface area (TPSA) is 66.3 Å². The van der Waals surface area contributed by atoms with Gasteiger partial charge in [0.05, 0.1) is 5.52 Å². The van der Waals surface area contributed by atoms with Gasteiger partial charge in [-0.3, -0.25) is 4.79 Å². The molecule has 0 radical (unpaired) electrons. The van der Waals surface area contributed by atoms with Crippen LogP contribution in [0.25, 0.3) is 10.9 Å². The van der Waals surface area contributed by atoms with Crippen LogP contribution in [0.3, 0.4) is 0 Å². The van der Waals surface area contributed by atoms with Gasteiger partial charge in [-0.15, -0.1) is 0 Å². The summed E-state index contributed by atoms with van der Waals surface area (Å²) in [5, 5.41) is 9.84. The van der Waals surface area contributed by atoms with E-state index in [0.29, 0.717) is 12.5 Å². The number of para-hydroxylation sites is 1. The van der Waals surface area contributed by atoms with E-state index in [1.807, 2.05) is 31.2 Å². The predicted octanol–water partition coefficient (Wildman–Crippen LogP) is 1.93. The molecule has 0 bridgehead atoms. The molecule has 2 aromatic rings. The molecule has 1 N–H and O–H groups in total. The molecule has 1 aromatic carbocycles. The van der Waals surface area contributed by atoms with Gasteiger partial charge in [-0.05, 0) is 12.5 Å². The Kier molecular flexibility index (Phi) is 3.72. The van der Waals surface area contributed by atoms with Crippen LogP contribution >= 0.6 is 0 Å². The Balaban J connectivity index is 2.34. The summed E-state index contributed by atoms with van der Waals surface area (Å²) in [6.07, 6.45) is 2.58. The van der Waals surface area contributed by atoms with Crippen molar-refractivity contribution in [2.24, 2.45) is 0 Å². The van der Waals surface area contributed by atoms with Crippen molar-refractivity contribution >= 4 is 22.8 Å². The number of carboxylic acid groups (broad SMARTS) is 1. The van der Waals surface area contributed by atoms with Crippen molar-refractivity contribution < 1.29 is 9.90 Å². The van der Waals surface area contributed by atoms with Gasteiger partial charge in [0.1, 0.15) is 6.54 Å². The van der Waals surface area contributed by atoms with Crippen LogP contribution in [0.5, 0.6) is 0 Å². The smallest absolute Gasteiger partial charge is 0.323 e. The average Bonchev–Trinajstić information content (AvgIpc) is 2.37. The van der Waals surface area contributed by atoms with Crippen molar-refractivity contribution in [3.63, 3.8) is 0 Å². The summed E-state index contributed by atoms with van der Waals surface area (Å²) in [7, 11) is 0. The second-order valence-electron chi connectivity index (χ2n) is 4.04. The van der Waals surface area contributed by atoms with E-state index in [4.69, 9.17) is 5.11 Å². The van der Waals surface area contributed by atoms with Gasteiger partial charge in [0, 0.05) is 18.1 Å². The van der Waals surface area contributed by atoms with Gasteiger partial charge in [-0.1, -0.05) is 25.1 Å². The van der Waals surface area contributed by atoms with E-state index in [1.54, 1.807) is 11.1 Å². The van der Waals surface area contributed by atoms with E-state index >= 15 is 0 Å². The summed E-state index contributed by atoms with van der Waals surface area (Å²) in [5.74, 6) is -0.404. The minimum atomic E-state index is -0.875. The van der Waals surface area contributed by atoms with Gasteiger partial charge in [-0.25, -0.2) is 9.97 Å². The van der Waals surface area contributed by atoms with Crippen LogP contribution in [-0.2, 0) is 4.79 Å². The van der Waals surface area contributed by atoms with E-state index in [9.17, 15) is 4.79 Å². The van der Waals surface area contributed by atoms with Gasteiger partial charge in [-0.2, -0.15) is 0 Å². The minimum absolute atomic E-state index is 0.0772. The van der Waals surface area contributed by atoms with Crippen molar-refractivity contribution in [1.82, 2.24) is 9.97 Å². The number of carboxylic acids is 1. The first-order chi connectivity index (χ1) is 8.70. The predicted molar refractivity (Wildman–Crippen MR) is 69.7 cm³/mol. The van der Waals surface area contributed by atoms with E-state index in [1.165, 1.54) is 0 Å². The van der Waals surface area contributed by atoms with Gasteiger partial charge >= 0.3 is 5.97 Å². The zero-order valence-electron chi connectivity index (χ0n) is 10.2. The van der Waals surface area contributed by atoms with E-state index in [0.717, 1.165) is 17.3 Å².